The third-order valence-electron chi connectivity index (χ3n) is 5.37. The third-order valence-corrected chi connectivity index (χ3v) is 6.42. The highest BCUT2D eigenvalue weighted by Crippen LogP contribution is 2.26. The molecule has 0 radical (unpaired) electrons. The van der Waals surface area contributed by atoms with Gasteiger partial charge in [0.25, 0.3) is 5.91 Å². The van der Waals surface area contributed by atoms with Gasteiger partial charge in [-0.05, 0) is 37.1 Å². The van der Waals surface area contributed by atoms with E-state index in [4.69, 9.17) is 4.74 Å². The summed E-state index contributed by atoms with van der Waals surface area (Å²) in [5.74, 6) is -0.679. The van der Waals surface area contributed by atoms with Crippen LogP contribution in [0.2, 0.25) is 0 Å². The van der Waals surface area contributed by atoms with Crippen molar-refractivity contribution in [2.45, 2.75) is 43.0 Å². The highest BCUT2D eigenvalue weighted by molar-refractivity contribution is 8.00. The SMILES string of the molecule is CN(C(=O)CSc1ccccc1C(=O)OCC(=O)Nc1ccccc1)C1CCCCC1. The van der Waals surface area contributed by atoms with E-state index in [0.29, 0.717) is 22.2 Å². The van der Waals surface area contributed by atoms with Crippen LogP contribution in [0.25, 0.3) is 0 Å². The van der Waals surface area contributed by atoms with Crippen LogP contribution in [0.1, 0.15) is 42.5 Å². The van der Waals surface area contributed by atoms with Crippen molar-refractivity contribution < 1.29 is 19.1 Å². The van der Waals surface area contributed by atoms with E-state index in [1.807, 2.05) is 36.2 Å². The highest BCUT2D eigenvalue weighted by Gasteiger charge is 2.23. The van der Waals surface area contributed by atoms with E-state index in [0.717, 1.165) is 12.8 Å². The number of amides is 2. The number of ether oxygens (including phenoxy) is 1. The first-order valence-corrected chi connectivity index (χ1v) is 11.5. The molecule has 1 N–H and O–H groups in total. The number of rotatable bonds is 8. The van der Waals surface area contributed by atoms with Gasteiger partial charge in [-0.15, -0.1) is 11.8 Å². The molecule has 0 atom stereocenters. The van der Waals surface area contributed by atoms with Gasteiger partial charge in [-0.1, -0.05) is 49.6 Å². The van der Waals surface area contributed by atoms with Crippen LogP contribution in [-0.4, -0.2) is 48.1 Å². The van der Waals surface area contributed by atoms with Gasteiger partial charge in [0.15, 0.2) is 6.61 Å². The lowest BCUT2D eigenvalue weighted by Gasteiger charge is -2.31. The van der Waals surface area contributed by atoms with Crippen molar-refractivity contribution in [1.82, 2.24) is 4.90 Å². The fourth-order valence-corrected chi connectivity index (χ4v) is 4.57. The molecule has 0 unspecified atom stereocenters. The lowest BCUT2D eigenvalue weighted by molar-refractivity contribution is -0.129. The normalized spacial score (nSPS) is 14.0. The Hall–Kier alpha value is -2.80. The Balaban J connectivity index is 1.52. The van der Waals surface area contributed by atoms with Gasteiger partial charge in [0, 0.05) is 23.7 Å². The van der Waals surface area contributed by atoms with E-state index < -0.39 is 11.9 Å². The second-order valence-corrected chi connectivity index (χ2v) is 8.59. The zero-order valence-corrected chi connectivity index (χ0v) is 18.5. The number of anilines is 1. The maximum atomic E-state index is 12.6. The number of benzene rings is 2. The number of thioether (sulfide) groups is 1. The molecule has 2 aromatic carbocycles. The maximum absolute atomic E-state index is 12.6. The van der Waals surface area contributed by atoms with Crippen molar-refractivity contribution >= 4 is 35.2 Å². The molecule has 0 bridgehead atoms. The van der Waals surface area contributed by atoms with E-state index in [1.54, 1.807) is 30.3 Å². The second-order valence-electron chi connectivity index (χ2n) is 7.57. The summed E-state index contributed by atoms with van der Waals surface area (Å²) in [6.07, 6.45) is 5.69. The van der Waals surface area contributed by atoms with Crippen LogP contribution < -0.4 is 5.32 Å². The van der Waals surface area contributed by atoms with E-state index in [-0.39, 0.29) is 18.3 Å². The van der Waals surface area contributed by atoms with Crippen LogP contribution >= 0.6 is 11.8 Å². The van der Waals surface area contributed by atoms with Crippen molar-refractivity contribution in [3.05, 3.63) is 60.2 Å². The molecule has 2 amide bonds. The minimum atomic E-state index is -0.584. The van der Waals surface area contributed by atoms with E-state index >= 15 is 0 Å². The molecule has 1 aliphatic carbocycles. The number of hydrogen-bond donors (Lipinski definition) is 1. The molecule has 0 saturated heterocycles. The third kappa shape index (κ3) is 6.85. The van der Waals surface area contributed by atoms with Crippen LogP contribution in [-0.2, 0) is 14.3 Å². The number of esters is 1. The number of carbonyl (C=O) groups is 3. The molecule has 31 heavy (non-hydrogen) atoms. The smallest absolute Gasteiger partial charge is 0.339 e. The number of para-hydroxylation sites is 1. The summed E-state index contributed by atoms with van der Waals surface area (Å²) in [5.41, 5.74) is 0.994. The average Bonchev–Trinajstić information content (AvgIpc) is 2.82. The van der Waals surface area contributed by atoms with Gasteiger partial charge in [0.1, 0.15) is 0 Å². The fourth-order valence-electron chi connectivity index (χ4n) is 3.60. The topological polar surface area (TPSA) is 75.7 Å². The molecular formula is C24H28N2O4S. The average molecular weight is 441 g/mol. The molecule has 6 nitrogen and oxygen atoms in total. The van der Waals surface area contributed by atoms with Gasteiger partial charge in [-0.3, -0.25) is 9.59 Å². The van der Waals surface area contributed by atoms with Gasteiger partial charge < -0.3 is 15.0 Å². The summed E-state index contributed by atoms with van der Waals surface area (Å²) in [6.45, 7) is -0.379. The summed E-state index contributed by atoms with van der Waals surface area (Å²) in [4.78, 5) is 39.7. The van der Waals surface area contributed by atoms with Crippen LogP contribution in [0.3, 0.4) is 0 Å². The molecule has 0 spiro atoms. The van der Waals surface area contributed by atoms with Gasteiger partial charge in [0.2, 0.25) is 5.91 Å². The minimum Gasteiger partial charge on any atom is -0.452 e. The number of nitrogens with one attached hydrogen (secondary N) is 1. The first kappa shape index (κ1) is 22.9. The van der Waals surface area contributed by atoms with E-state index in [1.165, 1.54) is 31.0 Å². The van der Waals surface area contributed by atoms with E-state index in [9.17, 15) is 14.4 Å². The summed E-state index contributed by atoms with van der Waals surface area (Å²) in [5, 5.41) is 2.68. The Morgan fingerprint density at radius 2 is 1.68 bits per heavy atom. The lowest BCUT2D eigenvalue weighted by atomic mass is 9.94. The van der Waals surface area contributed by atoms with Crippen LogP contribution in [0.15, 0.2) is 59.5 Å². The first-order chi connectivity index (χ1) is 15.0. The van der Waals surface area contributed by atoms with Crippen molar-refractivity contribution in [2.24, 2.45) is 0 Å². The van der Waals surface area contributed by atoms with Crippen molar-refractivity contribution in [3.63, 3.8) is 0 Å². The Kier molecular flexibility index (Phi) is 8.53. The summed E-state index contributed by atoms with van der Waals surface area (Å²) in [6, 6.07) is 16.3. The monoisotopic (exact) mass is 440 g/mol. The molecule has 3 rings (SSSR count). The zero-order chi connectivity index (χ0) is 22.1. The van der Waals surface area contributed by atoms with Crippen LogP contribution in [0, 0.1) is 0 Å². The lowest BCUT2D eigenvalue weighted by Crippen LogP contribution is -2.39. The predicted octanol–water partition coefficient (Wildman–Crippen LogP) is 4.37. The standard InChI is InChI=1S/C24H28N2O4S/c1-26(19-12-6-3-7-13-19)23(28)17-31-21-15-9-8-14-20(21)24(29)30-16-22(27)25-18-10-4-2-5-11-18/h2,4-5,8-11,14-15,19H,3,6-7,12-13,16-17H2,1H3,(H,25,27). The van der Waals surface area contributed by atoms with Crippen molar-refractivity contribution in [3.8, 4) is 0 Å². The van der Waals surface area contributed by atoms with Crippen molar-refractivity contribution in [2.75, 3.05) is 24.7 Å². The van der Waals surface area contributed by atoms with Crippen LogP contribution in [0.5, 0.6) is 0 Å². The molecule has 0 heterocycles. The quantitative estimate of drug-likeness (QED) is 0.487. The molecular weight excluding hydrogens is 412 g/mol. The molecule has 1 aliphatic rings. The van der Waals surface area contributed by atoms with Gasteiger partial charge >= 0.3 is 5.97 Å². The number of nitrogens with zero attached hydrogens (tertiary/aromatic N) is 1. The maximum Gasteiger partial charge on any atom is 0.339 e. The molecule has 2 aromatic rings. The molecule has 0 aromatic heterocycles. The van der Waals surface area contributed by atoms with E-state index in [2.05, 4.69) is 5.32 Å². The Morgan fingerprint density at radius 1 is 1.00 bits per heavy atom. The largest absolute Gasteiger partial charge is 0.452 e. The molecule has 1 saturated carbocycles. The molecule has 0 aliphatic heterocycles. The van der Waals surface area contributed by atoms with Gasteiger partial charge in [-0.2, -0.15) is 0 Å². The molecule has 1 fully saturated rings. The van der Waals surface area contributed by atoms with Gasteiger partial charge in [-0.25, -0.2) is 4.79 Å². The summed E-state index contributed by atoms with van der Waals surface area (Å²) in [7, 11) is 1.87. The van der Waals surface area contributed by atoms with Gasteiger partial charge in [0.05, 0.1) is 11.3 Å². The Morgan fingerprint density at radius 3 is 2.42 bits per heavy atom. The second kappa shape index (κ2) is 11.6. The summed E-state index contributed by atoms with van der Waals surface area (Å²) >= 11 is 1.32. The zero-order valence-electron chi connectivity index (χ0n) is 17.7. The fraction of sp³-hybridized carbons (Fsp3) is 0.375. The highest BCUT2D eigenvalue weighted by atomic mass is 32.2. The van der Waals surface area contributed by atoms with Crippen molar-refractivity contribution in [1.29, 1.82) is 0 Å². The Bertz CT molecular complexity index is 897. The first-order valence-electron chi connectivity index (χ1n) is 10.5. The summed E-state index contributed by atoms with van der Waals surface area (Å²) < 4.78 is 5.19. The number of carbonyl (C=O) groups excluding carboxylic acids is 3. The molecule has 7 heteroatoms. The minimum absolute atomic E-state index is 0.0577. The number of hydrogen-bond acceptors (Lipinski definition) is 5. The predicted molar refractivity (Wildman–Crippen MR) is 122 cm³/mol. The van der Waals surface area contributed by atoms with Crippen LogP contribution in [0.4, 0.5) is 5.69 Å². The Labute approximate surface area is 187 Å². The molecule has 164 valence electrons.